The maximum absolute atomic E-state index is 13.4. The lowest BCUT2D eigenvalue weighted by Gasteiger charge is -2.32. The largest absolute Gasteiger partial charge is 0.385 e. The van der Waals surface area contributed by atoms with Crippen LogP contribution in [0.15, 0.2) is 14.5 Å². The predicted octanol–water partition coefficient (Wildman–Crippen LogP) is 0.0869. The van der Waals surface area contributed by atoms with E-state index in [0.29, 0.717) is 0 Å². The summed E-state index contributed by atoms with van der Waals surface area (Å²) < 4.78 is 139. The number of hydrogen-bond acceptors (Lipinski definition) is 7. The summed E-state index contributed by atoms with van der Waals surface area (Å²) in [6.07, 6.45) is -1.64. The van der Waals surface area contributed by atoms with E-state index in [1.807, 2.05) is 0 Å². The van der Waals surface area contributed by atoms with Crippen LogP contribution in [0.25, 0.3) is 0 Å². The first-order valence-electron chi connectivity index (χ1n) is 11.5. The highest BCUT2D eigenvalue weighted by Crippen LogP contribution is 2.39. The maximum Gasteiger partial charge on any atom is 0.252 e. The van der Waals surface area contributed by atoms with Gasteiger partial charge in [-0.3, -0.25) is 0 Å². The first-order valence-corrected chi connectivity index (χ1v) is 9.83. The highest BCUT2D eigenvalue weighted by Gasteiger charge is 2.39. The van der Waals surface area contributed by atoms with Crippen LogP contribution in [0.1, 0.15) is 40.0 Å². The van der Waals surface area contributed by atoms with Crippen molar-refractivity contribution in [1.29, 1.82) is 0 Å². The van der Waals surface area contributed by atoms with Gasteiger partial charge in [0.15, 0.2) is 0 Å². The lowest BCUT2D eigenvalue weighted by molar-refractivity contribution is 0.185. The molecule has 23 heavy (non-hydrogen) atoms. The number of hydrogen-bond donors (Lipinski definition) is 2. The van der Waals surface area contributed by atoms with Gasteiger partial charge in [0.1, 0.15) is 8.42 Å². The van der Waals surface area contributed by atoms with Gasteiger partial charge < -0.3 is 10.1 Å². The van der Waals surface area contributed by atoms with Crippen molar-refractivity contribution >= 4 is 31.4 Å². The second-order valence-electron chi connectivity index (χ2n) is 4.09. The second-order valence-corrected chi connectivity index (χ2v) is 8.85. The van der Waals surface area contributed by atoms with Crippen molar-refractivity contribution in [1.82, 2.24) is 9.62 Å². The quantitative estimate of drug-likeness (QED) is 0.676. The zero-order valence-electron chi connectivity index (χ0n) is 22.7. The van der Waals surface area contributed by atoms with Crippen LogP contribution in [-0.4, -0.2) is 54.3 Å². The van der Waals surface area contributed by atoms with Crippen LogP contribution < -0.4 is 10.5 Å². The molecule has 2 rings (SSSR count). The highest BCUT2D eigenvalue weighted by atomic mass is 32.3. The lowest BCUT2D eigenvalue weighted by Crippen LogP contribution is -2.43. The highest BCUT2D eigenvalue weighted by molar-refractivity contribution is 7.94. The molecule has 1 atom stereocenters. The van der Waals surface area contributed by atoms with E-state index in [-0.39, 0.29) is 17.9 Å². The van der Waals surface area contributed by atoms with E-state index in [9.17, 15) is 16.8 Å². The number of thiophene rings is 1. The maximum atomic E-state index is 13.4. The predicted molar refractivity (Wildman–Crippen MR) is 87.4 cm³/mol. The van der Waals surface area contributed by atoms with Crippen LogP contribution in [0.2, 0.25) is 0 Å². The third-order valence-electron chi connectivity index (χ3n) is 2.53. The van der Waals surface area contributed by atoms with E-state index in [2.05, 4.69) is 10.1 Å². The molecule has 0 saturated carbocycles. The van der Waals surface area contributed by atoms with Gasteiger partial charge in [0.05, 0.1) is 9.60 Å². The topological polar surface area (TPSA) is 119 Å². The molecule has 0 spiro atoms. The summed E-state index contributed by atoms with van der Waals surface area (Å²) in [7, 11) is -13.4. The number of primary sulfonamides is 1. The van der Waals surface area contributed by atoms with Gasteiger partial charge in [-0.15, -0.1) is 11.3 Å². The molecule has 0 aliphatic carbocycles. The Bertz CT molecular complexity index is 1180. The third-order valence-corrected chi connectivity index (χ3v) is 7.03. The molecule has 11 heteroatoms. The molecule has 0 fully saturated rings. The van der Waals surface area contributed by atoms with Crippen LogP contribution >= 0.6 is 11.3 Å². The normalized spacial score (nSPS) is 35.5. The number of likely N-dealkylation sites (N-methyl/N-ethyl adjacent to an activating group) is 1. The van der Waals surface area contributed by atoms with Gasteiger partial charge in [0.25, 0.3) is 10.0 Å². The van der Waals surface area contributed by atoms with E-state index in [1.54, 1.807) is 0 Å². The Morgan fingerprint density at radius 3 is 3.13 bits per heavy atom. The van der Waals surface area contributed by atoms with E-state index in [4.69, 9.17) is 20.2 Å². The van der Waals surface area contributed by atoms with Gasteiger partial charge >= 0.3 is 0 Å². The van der Waals surface area contributed by atoms with Crippen molar-refractivity contribution in [3.8, 4) is 0 Å². The average Bonchev–Trinajstić information content (AvgIpc) is 2.88. The second kappa shape index (κ2) is 7.13. The molecule has 1 aromatic rings. The molecule has 1 aliphatic rings. The van der Waals surface area contributed by atoms with Crippen LogP contribution in [0, 0.1) is 0 Å². The Labute approximate surface area is 156 Å². The molecular weight excluding hydrogens is 362 g/mol. The minimum atomic E-state index is -5.38. The Morgan fingerprint density at radius 1 is 1.78 bits per heavy atom. The summed E-state index contributed by atoms with van der Waals surface area (Å²) >= 11 is -0.0858. The molecule has 132 valence electrons. The van der Waals surface area contributed by atoms with Crippen molar-refractivity contribution in [3.05, 3.63) is 11.6 Å². The number of ether oxygens (including phenoxy) is 1. The summed E-state index contributed by atoms with van der Waals surface area (Å²) in [6, 6.07) is -4.02. The van der Waals surface area contributed by atoms with Gasteiger partial charge in [-0.2, -0.15) is 4.31 Å². The van der Waals surface area contributed by atoms with Gasteiger partial charge in [0.2, 0.25) is 10.0 Å². The van der Waals surface area contributed by atoms with Gasteiger partial charge in [-0.1, -0.05) is 6.92 Å². The smallest absolute Gasteiger partial charge is 0.252 e. The van der Waals surface area contributed by atoms with Gasteiger partial charge in [0, 0.05) is 43.7 Å². The number of sulfonamides is 2. The zero-order valence-corrected chi connectivity index (χ0v) is 14.2. The standard InChI is InChI=1S/C12H21N3O5S3/c1-3-14-10-8-15(5-4-6-20-2)23(18,19)12-9(10)7-11(21-12)22(13,16)17/h7,10,14H,3-6,8H2,1-2H3,(H2,13,16,17)/t10-/m0/s1/i2D3,5D2,6D2,7D,8D2,10D. The fourth-order valence-electron chi connectivity index (χ4n) is 1.66. The SMILES string of the molecule is [2H]c1c(S(N)(=O)=O)sc2c1[C@@]([2H])(NCC)C([2H])([2H])N(C([2H])([2H])CC([2H])([2H])OC([2H])([2H])[2H])S2(=O)=O. The molecule has 3 N–H and O–H groups in total. The number of rotatable bonds is 7. The molecule has 1 aliphatic heterocycles. The van der Waals surface area contributed by atoms with E-state index in [0.717, 1.165) is 0 Å². The Hall–Kier alpha value is -0.560. The summed E-state index contributed by atoms with van der Waals surface area (Å²) in [5.41, 5.74) is -0.915. The summed E-state index contributed by atoms with van der Waals surface area (Å²) in [5, 5.41) is 7.34. The van der Waals surface area contributed by atoms with Crippen molar-refractivity contribution in [2.24, 2.45) is 5.14 Å². The Balaban J connectivity index is 2.87. The van der Waals surface area contributed by atoms with Crippen molar-refractivity contribution in [3.63, 3.8) is 0 Å². The molecule has 1 aromatic heterocycles. The first-order chi connectivity index (χ1) is 14.9. The van der Waals surface area contributed by atoms with E-state index >= 15 is 0 Å². The average molecular weight is 395 g/mol. The fraction of sp³-hybridized carbons (Fsp3) is 0.667. The monoisotopic (exact) mass is 394 g/mol. The summed E-state index contributed by atoms with van der Waals surface area (Å²) in [6.45, 7) is -9.31. The lowest BCUT2D eigenvalue weighted by atomic mass is 10.1. The van der Waals surface area contributed by atoms with E-state index in [1.165, 1.54) is 6.92 Å². The van der Waals surface area contributed by atoms with Crippen LogP contribution in [0.4, 0.5) is 0 Å². The van der Waals surface area contributed by atoms with Crippen molar-refractivity contribution < 1.29 is 36.7 Å². The molecule has 0 bridgehead atoms. The van der Waals surface area contributed by atoms with Crippen LogP contribution in [0.3, 0.4) is 0 Å². The molecular formula is C12H21N3O5S3. The number of fused-ring (bicyclic) bond motifs is 1. The number of methoxy groups -OCH3 is 1. The summed E-state index contributed by atoms with van der Waals surface area (Å²) in [4.78, 5) is 0. The van der Waals surface area contributed by atoms with Crippen molar-refractivity contribution in [2.75, 3.05) is 33.1 Å². The zero-order chi connectivity index (χ0) is 26.9. The fourth-order valence-corrected chi connectivity index (χ4v) is 5.27. The van der Waals surface area contributed by atoms with E-state index < -0.39 is 83.4 Å². The Morgan fingerprint density at radius 2 is 2.52 bits per heavy atom. The third kappa shape index (κ3) is 3.92. The summed E-state index contributed by atoms with van der Waals surface area (Å²) in [5.74, 6) is 0. The minimum Gasteiger partial charge on any atom is -0.385 e. The minimum absolute atomic E-state index is 0.0858. The molecule has 0 unspecified atom stereocenters. The number of nitrogens with two attached hydrogens (primary N) is 1. The molecule has 8 nitrogen and oxygen atoms in total. The van der Waals surface area contributed by atoms with Gasteiger partial charge in [-0.25, -0.2) is 22.0 Å². The number of nitrogens with one attached hydrogen (secondary N) is 1. The molecule has 0 aromatic carbocycles. The first kappa shape index (κ1) is 8.70. The molecule has 0 radical (unpaired) electrons. The molecule has 0 saturated heterocycles. The molecule has 0 amide bonds. The van der Waals surface area contributed by atoms with Crippen molar-refractivity contribution in [2.45, 2.75) is 27.8 Å². The van der Waals surface area contributed by atoms with Gasteiger partial charge in [-0.05, 0) is 19.0 Å². The number of nitrogens with zero attached hydrogens (tertiary/aromatic N) is 1. The molecule has 2 heterocycles. The Kier molecular flexibility index (Phi) is 2.70. The van der Waals surface area contributed by atoms with Crippen LogP contribution in [-0.2, 0) is 24.8 Å². The van der Waals surface area contributed by atoms with Crippen LogP contribution in [0.5, 0.6) is 0 Å².